The molecule has 5 rings (SSSR count). The van der Waals surface area contributed by atoms with Crippen LogP contribution in [0.15, 0.2) is 65.2 Å². The lowest BCUT2D eigenvalue weighted by Crippen LogP contribution is -2.40. The van der Waals surface area contributed by atoms with Crippen molar-refractivity contribution in [3.63, 3.8) is 0 Å². The molecule has 31 heavy (non-hydrogen) atoms. The van der Waals surface area contributed by atoms with Gasteiger partial charge in [-0.3, -0.25) is 0 Å². The van der Waals surface area contributed by atoms with Gasteiger partial charge in [-0.05, 0) is 43.5 Å². The van der Waals surface area contributed by atoms with Crippen LogP contribution in [0.2, 0.25) is 0 Å². The van der Waals surface area contributed by atoms with Crippen LogP contribution in [-0.4, -0.2) is 39.1 Å². The normalized spacial score (nSPS) is 14.7. The molecule has 7 nitrogen and oxygen atoms in total. The predicted octanol–water partition coefficient (Wildman–Crippen LogP) is 5.00. The number of hydrogen-bond acceptors (Lipinski definition) is 5. The molecule has 0 spiro atoms. The second kappa shape index (κ2) is 8.18. The van der Waals surface area contributed by atoms with Gasteiger partial charge in [0.15, 0.2) is 0 Å². The number of carbonyl (C=O) groups is 1. The predicted molar refractivity (Wildman–Crippen MR) is 119 cm³/mol. The minimum atomic E-state index is -0.0701. The number of anilines is 1. The van der Waals surface area contributed by atoms with Gasteiger partial charge in [0.25, 0.3) is 0 Å². The Morgan fingerprint density at radius 2 is 1.77 bits per heavy atom. The molecule has 156 valence electrons. The standard InChI is InChI=1S/C24H23N5O2/c1-16-6-2-4-8-19(16)26-24(30)29-14-12-18(13-15-29)23-27-22(28-31-23)21-11-10-17-7-3-5-9-20(17)25-21/h2-11,18H,12-15H2,1H3,(H,26,30). The average molecular weight is 413 g/mol. The molecule has 4 aromatic rings. The molecule has 1 aliphatic rings. The van der Waals surface area contributed by atoms with Crippen molar-refractivity contribution in [3.05, 3.63) is 72.1 Å². The molecule has 0 bridgehead atoms. The molecule has 2 amide bonds. The van der Waals surface area contributed by atoms with Crippen LogP contribution in [-0.2, 0) is 0 Å². The first kappa shape index (κ1) is 19.2. The maximum Gasteiger partial charge on any atom is 0.321 e. The van der Waals surface area contributed by atoms with Gasteiger partial charge in [-0.2, -0.15) is 4.98 Å². The maximum absolute atomic E-state index is 12.6. The number of pyridine rings is 1. The summed E-state index contributed by atoms with van der Waals surface area (Å²) in [7, 11) is 0. The van der Waals surface area contributed by atoms with E-state index in [1.54, 1.807) is 0 Å². The number of aryl methyl sites for hydroxylation is 1. The van der Waals surface area contributed by atoms with E-state index in [2.05, 4.69) is 20.4 Å². The van der Waals surface area contributed by atoms with E-state index in [1.807, 2.05) is 72.5 Å². The van der Waals surface area contributed by atoms with Gasteiger partial charge in [0.2, 0.25) is 11.7 Å². The van der Waals surface area contributed by atoms with Gasteiger partial charge in [0, 0.05) is 30.1 Å². The molecule has 3 heterocycles. The molecule has 0 saturated carbocycles. The number of amides is 2. The highest BCUT2D eigenvalue weighted by atomic mass is 16.5. The van der Waals surface area contributed by atoms with Crippen molar-refractivity contribution < 1.29 is 9.32 Å². The number of nitrogens with zero attached hydrogens (tertiary/aromatic N) is 4. The van der Waals surface area contributed by atoms with E-state index in [0.29, 0.717) is 30.5 Å². The van der Waals surface area contributed by atoms with Crippen molar-refractivity contribution in [3.8, 4) is 11.5 Å². The number of piperidine rings is 1. The number of likely N-dealkylation sites (tertiary alicyclic amines) is 1. The van der Waals surface area contributed by atoms with Crippen molar-refractivity contribution in [2.75, 3.05) is 18.4 Å². The Bertz CT molecular complexity index is 1230. The lowest BCUT2D eigenvalue weighted by atomic mass is 9.97. The second-order valence-electron chi connectivity index (χ2n) is 7.85. The van der Waals surface area contributed by atoms with E-state index >= 15 is 0 Å². The zero-order valence-corrected chi connectivity index (χ0v) is 17.3. The Morgan fingerprint density at radius 3 is 2.61 bits per heavy atom. The van der Waals surface area contributed by atoms with Crippen molar-refractivity contribution in [1.82, 2.24) is 20.0 Å². The quantitative estimate of drug-likeness (QED) is 0.511. The molecule has 0 aliphatic carbocycles. The summed E-state index contributed by atoms with van der Waals surface area (Å²) < 4.78 is 5.56. The second-order valence-corrected chi connectivity index (χ2v) is 7.85. The first-order valence-electron chi connectivity index (χ1n) is 10.5. The Morgan fingerprint density at radius 1 is 1.00 bits per heavy atom. The Labute approximate surface area is 180 Å². The van der Waals surface area contributed by atoms with Crippen molar-refractivity contribution in [2.24, 2.45) is 0 Å². The number of rotatable bonds is 3. The molecule has 1 N–H and O–H groups in total. The molecule has 0 unspecified atom stereocenters. The van der Waals surface area contributed by atoms with Crippen LogP contribution in [0.5, 0.6) is 0 Å². The summed E-state index contributed by atoms with van der Waals surface area (Å²) in [4.78, 5) is 23.7. The summed E-state index contributed by atoms with van der Waals surface area (Å²) in [5.74, 6) is 1.26. The summed E-state index contributed by atoms with van der Waals surface area (Å²) in [6.45, 7) is 3.28. The van der Waals surface area contributed by atoms with Crippen LogP contribution in [0.3, 0.4) is 0 Å². The Kier molecular flexibility index (Phi) is 5.08. The van der Waals surface area contributed by atoms with Gasteiger partial charge in [0.1, 0.15) is 5.69 Å². The molecule has 0 radical (unpaired) electrons. The smallest absolute Gasteiger partial charge is 0.321 e. The van der Waals surface area contributed by atoms with Crippen LogP contribution in [0.25, 0.3) is 22.4 Å². The minimum absolute atomic E-state index is 0.0701. The summed E-state index contributed by atoms with van der Waals surface area (Å²) >= 11 is 0. The van der Waals surface area contributed by atoms with E-state index in [-0.39, 0.29) is 11.9 Å². The molecule has 1 aliphatic heterocycles. The van der Waals surface area contributed by atoms with E-state index in [0.717, 1.165) is 35.0 Å². The van der Waals surface area contributed by atoms with Crippen LogP contribution in [0.4, 0.5) is 10.5 Å². The largest absolute Gasteiger partial charge is 0.339 e. The summed E-state index contributed by atoms with van der Waals surface area (Å²) in [6, 6.07) is 19.6. The number of fused-ring (bicyclic) bond motifs is 1. The summed E-state index contributed by atoms with van der Waals surface area (Å²) in [6.07, 6.45) is 1.57. The first-order chi connectivity index (χ1) is 15.2. The molecule has 0 atom stereocenters. The fourth-order valence-electron chi connectivity index (χ4n) is 3.93. The van der Waals surface area contributed by atoms with Gasteiger partial charge in [-0.15, -0.1) is 0 Å². The zero-order chi connectivity index (χ0) is 21.2. The maximum atomic E-state index is 12.6. The number of aromatic nitrogens is 3. The highest BCUT2D eigenvalue weighted by Crippen LogP contribution is 2.29. The van der Waals surface area contributed by atoms with Gasteiger partial charge in [-0.1, -0.05) is 47.6 Å². The molecular weight excluding hydrogens is 390 g/mol. The molecule has 7 heteroatoms. The van der Waals surface area contributed by atoms with E-state index in [1.165, 1.54) is 0 Å². The monoisotopic (exact) mass is 413 g/mol. The van der Waals surface area contributed by atoms with Crippen molar-refractivity contribution in [1.29, 1.82) is 0 Å². The van der Waals surface area contributed by atoms with Crippen LogP contribution in [0, 0.1) is 6.92 Å². The van der Waals surface area contributed by atoms with Crippen LogP contribution >= 0.6 is 0 Å². The number of urea groups is 1. The third kappa shape index (κ3) is 3.99. The van der Waals surface area contributed by atoms with Crippen molar-refractivity contribution >= 4 is 22.6 Å². The number of para-hydroxylation sites is 2. The van der Waals surface area contributed by atoms with Gasteiger partial charge in [0.05, 0.1) is 5.52 Å². The number of hydrogen-bond donors (Lipinski definition) is 1. The van der Waals surface area contributed by atoms with Crippen LogP contribution in [0.1, 0.15) is 30.2 Å². The summed E-state index contributed by atoms with van der Waals surface area (Å²) in [5, 5.41) is 8.22. The van der Waals surface area contributed by atoms with Gasteiger partial charge >= 0.3 is 6.03 Å². The molecular formula is C24H23N5O2. The zero-order valence-electron chi connectivity index (χ0n) is 17.3. The SMILES string of the molecule is Cc1ccccc1NC(=O)N1CCC(c2nc(-c3ccc4ccccc4n3)no2)CC1. The fourth-order valence-corrected chi connectivity index (χ4v) is 3.93. The Balaban J connectivity index is 1.23. The molecule has 1 fully saturated rings. The molecule has 1 saturated heterocycles. The van der Waals surface area contributed by atoms with Gasteiger partial charge in [-0.25, -0.2) is 9.78 Å². The Hall–Kier alpha value is -3.74. The highest BCUT2D eigenvalue weighted by Gasteiger charge is 2.28. The number of carbonyl (C=O) groups excluding carboxylic acids is 1. The lowest BCUT2D eigenvalue weighted by molar-refractivity contribution is 0.187. The fraction of sp³-hybridized carbons (Fsp3) is 0.250. The van der Waals surface area contributed by atoms with Gasteiger partial charge < -0.3 is 14.7 Å². The third-order valence-electron chi connectivity index (χ3n) is 5.79. The average Bonchev–Trinajstić information content (AvgIpc) is 3.31. The first-order valence-corrected chi connectivity index (χ1v) is 10.5. The minimum Gasteiger partial charge on any atom is -0.339 e. The van der Waals surface area contributed by atoms with E-state index in [4.69, 9.17) is 4.52 Å². The van der Waals surface area contributed by atoms with E-state index < -0.39 is 0 Å². The topological polar surface area (TPSA) is 84.2 Å². The van der Waals surface area contributed by atoms with Crippen molar-refractivity contribution in [2.45, 2.75) is 25.7 Å². The lowest BCUT2D eigenvalue weighted by Gasteiger charge is -2.30. The third-order valence-corrected chi connectivity index (χ3v) is 5.79. The molecule has 2 aromatic carbocycles. The van der Waals surface area contributed by atoms with E-state index in [9.17, 15) is 4.79 Å². The number of benzene rings is 2. The number of nitrogens with one attached hydrogen (secondary N) is 1. The van der Waals surface area contributed by atoms with Crippen LogP contribution < -0.4 is 5.32 Å². The highest BCUT2D eigenvalue weighted by molar-refractivity contribution is 5.90. The molecule has 2 aromatic heterocycles. The summed E-state index contributed by atoms with van der Waals surface area (Å²) in [5.41, 5.74) is 3.49.